The maximum Gasteiger partial charge on any atom is 0.310 e. The van der Waals surface area contributed by atoms with Gasteiger partial charge in [0.2, 0.25) is 0 Å². The molecule has 122 valence electrons. The molecule has 0 saturated heterocycles. The van der Waals surface area contributed by atoms with Gasteiger partial charge in [0.25, 0.3) is 0 Å². The van der Waals surface area contributed by atoms with Gasteiger partial charge in [0.15, 0.2) is 0 Å². The minimum absolute atomic E-state index is 0.175. The fourth-order valence-corrected chi connectivity index (χ4v) is 3.11. The van der Waals surface area contributed by atoms with Crippen molar-refractivity contribution in [2.75, 3.05) is 0 Å². The van der Waals surface area contributed by atoms with Crippen molar-refractivity contribution in [1.29, 1.82) is 0 Å². The Morgan fingerprint density at radius 3 is 2.41 bits per heavy atom. The zero-order valence-corrected chi connectivity index (χ0v) is 14.1. The molecular formula is C17H23ClO4. The Labute approximate surface area is 136 Å². The summed E-state index contributed by atoms with van der Waals surface area (Å²) in [6.07, 6.45) is -0.962. The third-order valence-corrected chi connectivity index (χ3v) is 4.77. The van der Waals surface area contributed by atoms with Gasteiger partial charge in [-0.2, -0.15) is 0 Å². The average molecular weight is 327 g/mol. The van der Waals surface area contributed by atoms with Crippen molar-refractivity contribution >= 4 is 17.6 Å². The van der Waals surface area contributed by atoms with Gasteiger partial charge in [-0.3, -0.25) is 4.79 Å². The summed E-state index contributed by atoms with van der Waals surface area (Å²) in [7, 11) is 0. The highest BCUT2D eigenvalue weighted by Gasteiger charge is 2.67. The van der Waals surface area contributed by atoms with E-state index in [2.05, 4.69) is 0 Å². The number of rotatable bonds is 5. The molecule has 0 aliphatic heterocycles. The van der Waals surface area contributed by atoms with Gasteiger partial charge in [-0.15, -0.1) is 0 Å². The Bertz CT molecular complexity index is 545. The van der Waals surface area contributed by atoms with Crippen LogP contribution in [-0.2, 0) is 16.1 Å². The van der Waals surface area contributed by atoms with E-state index in [1.165, 1.54) is 0 Å². The van der Waals surface area contributed by atoms with Crippen molar-refractivity contribution in [3.8, 4) is 0 Å². The molecule has 0 heterocycles. The van der Waals surface area contributed by atoms with Gasteiger partial charge in [-0.05, 0) is 37.0 Å². The quantitative estimate of drug-likeness (QED) is 0.817. The second kappa shape index (κ2) is 5.84. The summed E-state index contributed by atoms with van der Waals surface area (Å²) in [4.78, 5) is 12.3. The highest BCUT2D eigenvalue weighted by molar-refractivity contribution is 6.30. The molecule has 1 aromatic rings. The Balaban J connectivity index is 1.97. The van der Waals surface area contributed by atoms with Crippen LogP contribution in [0.15, 0.2) is 24.3 Å². The highest BCUT2D eigenvalue weighted by atomic mass is 35.5. The molecule has 1 aromatic carbocycles. The van der Waals surface area contributed by atoms with E-state index in [1.807, 2.05) is 13.8 Å². The van der Waals surface area contributed by atoms with E-state index < -0.39 is 17.6 Å². The third kappa shape index (κ3) is 3.45. The molecule has 0 bridgehead atoms. The minimum atomic E-state index is -1.24. The first kappa shape index (κ1) is 17.3. The van der Waals surface area contributed by atoms with Gasteiger partial charge in [0, 0.05) is 10.9 Å². The lowest BCUT2D eigenvalue weighted by Crippen LogP contribution is -2.39. The van der Waals surface area contributed by atoms with Crippen LogP contribution in [0.1, 0.15) is 33.3 Å². The van der Waals surface area contributed by atoms with Gasteiger partial charge in [0.05, 0.1) is 17.6 Å². The molecule has 0 aromatic heterocycles. The fourth-order valence-electron chi connectivity index (χ4n) is 2.98. The Hall–Kier alpha value is -1.10. The first-order valence-corrected chi connectivity index (χ1v) is 7.74. The van der Waals surface area contributed by atoms with Crippen LogP contribution in [-0.4, -0.2) is 27.9 Å². The number of halogens is 1. The molecule has 2 rings (SSSR count). The zero-order chi connectivity index (χ0) is 16.7. The van der Waals surface area contributed by atoms with Crippen molar-refractivity contribution in [2.24, 2.45) is 17.3 Å². The minimum Gasteiger partial charge on any atom is -0.461 e. The van der Waals surface area contributed by atoms with Gasteiger partial charge in [-0.25, -0.2) is 0 Å². The van der Waals surface area contributed by atoms with E-state index in [4.69, 9.17) is 16.3 Å². The normalized spacial score (nSPS) is 24.7. The fraction of sp³-hybridized carbons (Fsp3) is 0.588. The predicted molar refractivity (Wildman–Crippen MR) is 84.3 cm³/mol. The summed E-state index contributed by atoms with van der Waals surface area (Å²) in [5.41, 5.74) is -0.764. The second-order valence-corrected chi connectivity index (χ2v) is 7.59. The van der Waals surface area contributed by atoms with E-state index in [0.717, 1.165) is 5.56 Å². The molecule has 1 aliphatic carbocycles. The van der Waals surface area contributed by atoms with Crippen molar-refractivity contribution in [3.05, 3.63) is 34.9 Å². The first-order chi connectivity index (χ1) is 10.0. The van der Waals surface area contributed by atoms with Gasteiger partial charge < -0.3 is 14.9 Å². The third-order valence-electron chi connectivity index (χ3n) is 4.52. The zero-order valence-electron chi connectivity index (χ0n) is 13.3. The number of benzene rings is 1. The summed E-state index contributed by atoms with van der Waals surface area (Å²) in [6.45, 7) is 7.07. The van der Waals surface area contributed by atoms with Crippen LogP contribution >= 0.6 is 11.6 Å². The van der Waals surface area contributed by atoms with Crippen molar-refractivity contribution in [2.45, 2.75) is 46.0 Å². The van der Waals surface area contributed by atoms with Gasteiger partial charge >= 0.3 is 5.97 Å². The number of esters is 1. The number of carbonyl (C=O) groups excluding carboxylic acids is 1. The lowest BCUT2D eigenvalue weighted by atomic mass is 9.93. The van der Waals surface area contributed by atoms with E-state index in [9.17, 15) is 15.0 Å². The smallest absolute Gasteiger partial charge is 0.310 e. The molecule has 22 heavy (non-hydrogen) atoms. The molecule has 0 radical (unpaired) electrons. The molecule has 1 saturated carbocycles. The van der Waals surface area contributed by atoms with Crippen LogP contribution in [0.25, 0.3) is 0 Å². The maximum atomic E-state index is 12.3. The lowest BCUT2D eigenvalue weighted by molar-refractivity contribution is -0.148. The summed E-state index contributed by atoms with van der Waals surface area (Å²) in [5.74, 6) is -1.04. The molecule has 0 amide bonds. The summed E-state index contributed by atoms with van der Waals surface area (Å²) >= 11 is 5.81. The van der Waals surface area contributed by atoms with Crippen LogP contribution in [0, 0.1) is 17.3 Å². The van der Waals surface area contributed by atoms with Crippen LogP contribution in [0.3, 0.4) is 0 Å². The largest absolute Gasteiger partial charge is 0.461 e. The standard InChI is InChI=1S/C17H23ClO4/c1-16(2)12(14(19)17(3,4)21)13(16)15(20)22-9-10-5-7-11(18)8-6-10/h5-8,12-14,19,21H,9H2,1-4H3. The Morgan fingerprint density at radius 1 is 1.36 bits per heavy atom. The van der Waals surface area contributed by atoms with Crippen molar-refractivity contribution in [1.82, 2.24) is 0 Å². The summed E-state index contributed by atoms with van der Waals surface area (Å²) in [6, 6.07) is 7.09. The number of aliphatic hydroxyl groups is 2. The van der Waals surface area contributed by atoms with Crippen LogP contribution in [0.5, 0.6) is 0 Å². The molecule has 5 heteroatoms. The average Bonchev–Trinajstić information content (AvgIpc) is 2.98. The number of carbonyl (C=O) groups is 1. The van der Waals surface area contributed by atoms with E-state index in [0.29, 0.717) is 5.02 Å². The van der Waals surface area contributed by atoms with Crippen LogP contribution in [0.4, 0.5) is 0 Å². The molecule has 1 fully saturated rings. The van der Waals surface area contributed by atoms with E-state index >= 15 is 0 Å². The number of ether oxygens (including phenoxy) is 1. The van der Waals surface area contributed by atoms with Gasteiger partial charge in [0.1, 0.15) is 6.61 Å². The van der Waals surface area contributed by atoms with Crippen molar-refractivity contribution < 1.29 is 19.7 Å². The Kier molecular flexibility index (Phi) is 4.58. The highest BCUT2D eigenvalue weighted by Crippen LogP contribution is 2.61. The Morgan fingerprint density at radius 2 is 1.91 bits per heavy atom. The van der Waals surface area contributed by atoms with Crippen LogP contribution in [0.2, 0.25) is 5.02 Å². The predicted octanol–water partition coefficient (Wildman–Crippen LogP) is 2.79. The van der Waals surface area contributed by atoms with E-state index in [1.54, 1.807) is 38.1 Å². The van der Waals surface area contributed by atoms with Crippen LogP contribution < -0.4 is 0 Å². The first-order valence-electron chi connectivity index (χ1n) is 7.36. The maximum absolute atomic E-state index is 12.3. The molecular weight excluding hydrogens is 304 g/mol. The number of hydrogen-bond donors (Lipinski definition) is 2. The summed E-state index contributed by atoms with van der Waals surface area (Å²) < 4.78 is 5.35. The van der Waals surface area contributed by atoms with Crippen molar-refractivity contribution in [3.63, 3.8) is 0 Å². The SMILES string of the molecule is CC(C)(O)C(O)C1C(C(=O)OCc2ccc(Cl)cc2)C1(C)C. The topological polar surface area (TPSA) is 66.8 Å². The lowest BCUT2D eigenvalue weighted by Gasteiger charge is -2.25. The molecule has 4 nitrogen and oxygen atoms in total. The molecule has 0 spiro atoms. The van der Waals surface area contributed by atoms with E-state index in [-0.39, 0.29) is 23.9 Å². The molecule has 2 N–H and O–H groups in total. The summed E-state index contributed by atoms with van der Waals surface area (Å²) in [5, 5.41) is 20.8. The monoisotopic (exact) mass is 326 g/mol. The molecule has 3 unspecified atom stereocenters. The number of hydrogen-bond acceptors (Lipinski definition) is 4. The number of aliphatic hydroxyl groups excluding tert-OH is 1. The van der Waals surface area contributed by atoms with Gasteiger partial charge in [-0.1, -0.05) is 37.6 Å². The molecule has 1 aliphatic rings. The molecule has 3 atom stereocenters. The second-order valence-electron chi connectivity index (χ2n) is 7.16.